The summed E-state index contributed by atoms with van der Waals surface area (Å²) in [6.07, 6.45) is -0.662. The summed E-state index contributed by atoms with van der Waals surface area (Å²) in [4.78, 5) is 15.0. The van der Waals surface area contributed by atoms with Gasteiger partial charge < -0.3 is 18.6 Å². The van der Waals surface area contributed by atoms with Gasteiger partial charge in [0.25, 0.3) is 0 Å². The summed E-state index contributed by atoms with van der Waals surface area (Å²) in [5, 5.41) is 0.119. The van der Waals surface area contributed by atoms with Crippen LogP contribution in [-0.4, -0.2) is 56.0 Å². The maximum Gasteiger partial charge on any atom is 0.412 e. The fraction of sp³-hybridized carbons (Fsp3) is 0.741. The summed E-state index contributed by atoms with van der Waals surface area (Å²) < 4.78 is 25.0. The monoisotopic (exact) mass is 493 g/mol. The summed E-state index contributed by atoms with van der Waals surface area (Å²) in [6, 6.07) is 9.82. The quantitative estimate of drug-likeness (QED) is 0.382. The average Bonchev–Trinajstić information content (AvgIpc) is 3.00. The van der Waals surface area contributed by atoms with E-state index in [0.717, 1.165) is 5.56 Å². The zero-order valence-electron chi connectivity index (χ0n) is 23.2. The molecule has 1 aromatic carbocycles. The second-order valence-electron chi connectivity index (χ2n) is 12.5. The molecular formula is C27H47NO5Si. The van der Waals surface area contributed by atoms with Gasteiger partial charge in [-0.25, -0.2) is 4.79 Å². The van der Waals surface area contributed by atoms with Crippen LogP contribution < -0.4 is 0 Å². The molecule has 0 N–H and O–H groups in total. The summed E-state index contributed by atoms with van der Waals surface area (Å²) >= 11 is 0. The minimum atomic E-state index is -1.93. The van der Waals surface area contributed by atoms with E-state index in [1.165, 1.54) is 0 Å². The Morgan fingerprint density at radius 3 is 2.26 bits per heavy atom. The topological polar surface area (TPSA) is 57.2 Å². The molecule has 0 aromatic heterocycles. The van der Waals surface area contributed by atoms with Gasteiger partial charge in [-0.2, -0.15) is 0 Å². The molecule has 1 fully saturated rings. The number of amides is 1. The van der Waals surface area contributed by atoms with Crippen molar-refractivity contribution in [2.75, 3.05) is 13.2 Å². The number of hydrogen-bond donors (Lipinski definition) is 0. The van der Waals surface area contributed by atoms with Crippen LogP contribution in [0.1, 0.15) is 67.9 Å². The van der Waals surface area contributed by atoms with Crippen molar-refractivity contribution in [1.82, 2.24) is 4.90 Å². The molecule has 0 aliphatic carbocycles. The second kappa shape index (κ2) is 10.7. The Hall–Kier alpha value is -1.41. The number of carbonyl (C=O) groups excluding carboxylic acids is 1. The largest absolute Gasteiger partial charge is 0.444 e. The van der Waals surface area contributed by atoms with Crippen LogP contribution in [0.4, 0.5) is 4.79 Å². The zero-order chi connectivity index (χ0) is 25.9. The van der Waals surface area contributed by atoms with Crippen LogP contribution >= 0.6 is 0 Å². The predicted octanol–water partition coefficient (Wildman–Crippen LogP) is 6.60. The molecule has 1 saturated heterocycles. The van der Waals surface area contributed by atoms with Gasteiger partial charge in [0.15, 0.2) is 8.32 Å². The standard InChI is InChI=1S/C27H47NO5Si/c1-20(17-32-34(10,11)26(5,6)7)23(30-18-21-15-13-12-14-16-21)22-19-31-27(8,9)28(22)24(29)33-25(2,3)4/h12-16,20,22-23H,17-19H2,1-11H3/t20-,22+,23+/m0/s1. The lowest BCUT2D eigenvalue weighted by Gasteiger charge is -2.41. The minimum absolute atomic E-state index is 0.0465. The first-order valence-electron chi connectivity index (χ1n) is 12.4. The van der Waals surface area contributed by atoms with Crippen LogP contribution in [-0.2, 0) is 25.2 Å². The fourth-order valence-electron chi connectivity index (χ4n) is 3.81. The maximum atomic E-state index is 13.3. The van der Waals surface area contributed by atoms with Gasteiger partial charge in [0.1, 0.15) is 11.3 Å². The molecule has 7 heteroatoms. The van der Waals surface area contributed by atoms with E-state index in [0.29, 0.717) is 19.8 Å². The molecule has 0 radical (unpaired) electrons. The molecule has 0 spiro atoms. The van der Waals surface area contributed by atoms with Crippen molar-refractivity contribution in [3.63, 3.8) is 0 Å². The molecule has 0 unspecified atom stereocenters. The number of rotatable bonds is 8. The average molecular weight is 494 g/mol. The number of nitrogens with zero attached hydrogens (tertiary/aromatic N) is 1. The van der Waals surface area contributed by atoms with Gasteiger partial charge in [-0.3, -0.25) is 4.90 Å². The number of ether oxygens (including phenoxy) is 3. The molecule has 1 aliphatic rings. The van der Waals surface area contributed by atoms with E-state index >= 15 is 0 Å². The second-order valence-corrected chi connectivity index (χ2v) is 17.3. The van der Waals surface area contributed by atoms with Crippen LogP contribution in [0.2, 0.25) is 18.1 Å². The lowest BCUT2D eigenvalue weighted by Crippen LogP contribution is -2.55. The molecule has 3 atom stereocenters. The zero-order valence-corrected chi connectivity index (χ0v) is 24.2. The minimum Gasteiger partial charge on any atom is -0.444 e. The predicted molar refractivity (Wildman–Crippen MR) is 139 cm³/mol. The van der Waals surface area contributed by atoms with Crippen LogP contribution in [0.3, 0.4) is 0 Å². The van der Waals surface area contributed by atoms with Gasteiger partial charge in [0.05, 0.1) is 25.4 Å². The van der Waals surface area contributed by atoms with Crippen molar-refractivity contribution < 1.29 is 23.4 Å². The molecule has 1 amide bonds. The highest BCUT2D eigenvalue weighted by Gasteiger charge is 2.50. The first-order chi connectivity index (χ1) is 15.4. The highest BCUT2D eigenvalue weighted by Crippen LogP contribution is 2.38. The third-order valence-electron chi connectivity index (χ3n) is 6.85. The molecule has 194 valence electrons. The lowest BCUT2D eigenvalue weighted by atomic mass is 9.97. The third kappa shape index (κ3) is 7.54. The van der Waals surface area contributed by atoms with Crippen molar-refractivity contribution in [1.29, 1.82) is 0 Å². The highest BCUT2D eigenvalue weighted by atomic mass is 28.4. The fourth-order valence-corrected chi connectivity index (χ4v) is 4.93. The van der Waals surface area contributed by atoms with Crippen molar-refractivity contribution in [3.8, 4) is 0 Å². The van der Waals surface area contributed by atoms with Crippen molar-refractivity contribution in [2.24, 2.45) is 5.92 Å². The third-order valence-corrected chi connectivity index (χ3v) is 11.3. The number of benzene rings is 1. The summed E-state index contributed by atoms with van der Waals surface area (Å²) in [5.41, 5.74) is -0.300. The smallest absolute Gasteiger partial charge is 0.412 e. The Kier molecular flexibility index (Phi) is 9.06. The number of hydrogen-bond acceptors (Lipinski definition) is 5. The van der Waals surface area contributed by atoms with E-state index in [1.807, 2.05) is 52.8 Å². The maximum absolute atomic E-state index is 13.3. The summed E-state index contributed by atoms with van der Waals surface area (Å²) in [5.74, 6) is 0.0465. The van der Waals surface area contributed by atoms with Crippen molar-refractivity contribution in [3.05, 3.63) is 35.9 Å². The molecule has 0 bridgehead atoms. The van der Waals surface area contributed by atoms with Crippen LogP contribution in [0.25, 0.3) is 0 Å². The Bertz CT molecular complexity index is 797. The molecule has 0 saturated carbocycles. The molecule has 1 aromatic rings. The van der Waals surface area contributed by atoms with E-state index in [4.69, 9.17) is 18.6 Å². The lowest BCUT2D eigenvalue weighted by molar-refractivity contribution is -0.0839. The Morgan fingerprint density at radius 2 is 1.74 bits per heavy atom. The van der Waals surface area contributed by atoms with Gasteiger partial charge in [-0.1, -0.05) is 58.0 Å². The molecule has 1 aliphatic heterocycles. The van der Waals surface area contributed by atoms with E-state index in [-0.39, 0.29) is 29.2 Å². The van der Waals surface area contributed by atoms with E-state index in [1.54, 1.807) is 4.90 Å². The molecule has 2 rings (SSSR count). The summed E-state index contributed by atoms with van der Waals surface area (Å²) in [6.45, 7) is 24.2. The molecule has 34 heavy (non-hydrogen) atoms. The van der Waals surface area contributed by atoms with Crippen molar-refractivity contribution >= 4 is 14.4 Å². The first kappa shape index (κ1) is 28.8. The number of carbonyl (C=O) groups is 1. The molecule has 6 nitrogen and oxygen atoms in total. The van der Waals surface area contributed by atoms with Crippen LogP contribution in [0.15, 0.2) is 30.3 Å². The molecular weight excluding hydrogens is 446 g/mol. The first-order valence-corrected chi connectivity index (χ1v) is 15.3. The Labute approximate surface area is 208 Å². The van der Waals surface area contributed by atoms with E-state index < -0.39 is 19.6 Å². The summed E-state index contributed by atoms with van der Waals surface area (Å²) in [7, 11) is -1.93. The van der Waals surface area contributed by atoms with Gasteiger partial charge >= 0.3 is 6.09 Å². The van der Waals surface area contributed by atoms with Gasteiger partial charge in [0, 0.05) is 12.5 Å². The van der Waals surface area contributed by atoms with Crippen LogP contribution in [0, 0.1) is 5.92 Å². The highest BCUT2D eigenvalue weighted by molar-refractivity contribution is 6.74. The van der Waals surface area contributed by atoms with Crippen LogP contribution in [0.5, 0.6) is 0 Å². The van der Waals surface area contributed by atoms with Crippen molar-refractivity contribution in [2.45, 2.75) is 111 Å². The molecule has 1 heterocycles. The SMILES string of the molecule is C[C@@H](CO[Si](C)(C)C(C)(C)C)[C@@H](OCc1ccccc1)[C@H]1COC(C)(C)N1C(=O)OC(C)(C)C. The Morgan fingerprint density at radius 1 is 1.15 bits per heavy atom. The van der Waals surface area contributed by atoms with Gasteiger partial charge in [-0.05, 0) is 58.3 Å². The van der Waals surface area contributed by atoms with Gasteiger partial charge in [0.2, 0.25) is 0 Å². The van der Waals surface area contributed by atoms with Gasteiger partial charge in [-0.15, -0.1) is 0 Å². The van der Waals surface area contributed by atoms with E-state index in [2.05, 4.69) is 52.9 Å². The van der Waals surface area contributed by atoms with E-state index in [9.17, 15) is 4.79 Å². The Balaban J connectivity index is 2.30. The normalized spacial score (nSPS) is 20.8.